The first kappa shape index (κ1) is 93.1. The van der Waals surface area contributed by atoms with E-state index in [1.807, 2.05) is 0 Å². The zero-order valence-corrected chi connectivity index (χ0v) is 64.1. The summed E-state index contributed by atoms with van der Waals surface area (Å²) in [6, 6.07) is 0. The Hall–Kier alpha value is -1.94. The van der Waals surface area contributed by atoms with Crippen LogP contribution in [0.4, 0.5) is 0 Å². The Morgan fingerprint density at radius 2 is 0.505 bits per heavy atom. The lowest BCUT2D eigenvalue weighted by Crippen LogP contribution is -2.30. The zero-order chi connectivity index (χ0) is 70.3. The van der Waals surface area contributed by atoms with Gasteiger partial charge in [0.2, 0.25) is 0 Å². The summed E-state index contributed by atoms with van der Waals surface area (Å²) in [5, 5.41) is 10.6. The van der Waals surface area contributed by atoms with Crippen molar-refractivity contribution in [2.24, 2.45) is 23.7 Å². The lowest BCUT2D eigenvalue weighted by molar-refractivity contribution is -0.161. The molecule has 0 aromatic heterocycles. The molecule has 0 saturated carbocycles. The predicted molar refractivity (Wildman–Crippen MR) is 386 cm³/mol. The van der Waals surface area contributed by atoms with Gasteiger partial charge in [-0.3, -0.25) is 37.3 Å². The lowest BCUT2D eigenvalue weighted by Gasteiger charge is -2.21. The van der Waals surface area contributed by atoms with Crippen molar-refractivity contribution in [2.45, 2.75) is 401 Å². The minimum absolute atomic E-state index is 0.103. The maximum atomic E-state index is 13.1. The highest BCUT2D eigenvalue weighted by molar-refractivity contribution is 7.47. The highest BCUT2D eigenvalue weighted by Gasteiger charge is 2.30. The predicted octanol–water partition coefficient (Wildman–Crippen LogP) is 22.0. The van der Waals surface area contributed by atoms with Gasteiger partial charge < -0.3 is 33.8 Å². The maximum Gasteiger partial charge on any atom is 0.472 e. The van der Waals surface area contributed by atoms with Crippen molar-refractivity contribution in [1.29, 1.82) is 0 Å². The summed E-state index contributed by atoms with van der Waals surface area (Å²) in [5.74, 6) is 0.939. The molecule has 0 bridgehead atoms. The molecule has 0 fully saturated rings. The van der Waals surface area contributed by atoms with Crippen LogP contribution < -0.4 is 0 Å². The van der Waals surface area contributed by atoms with Crippen molar-refractivity contribution < 1.29 is 80.2 Å². The minimum atomic E-state index is -4.96. The third-order valence-corrected chi connectivity index (χ3v) is 20.2. The van der Waals surface area contributed by atoms with Crippen molar-refractivity contribution in [3.05, 3.63) is 0 Å². The fourth-order valence-electron chi connectivity index (χ4n) is 11.5. The van der Waals surface area contributed by atoms with Crippen LogP contribution in [0.2, 0.25) is 0 Å². The van der Waals surface area contributed by atoms with E-state index in [0.717, 1.165) is 120 Å². The van der Waals surface area contributed by atoms with Gasteiger partial charge in [0.05, 0.1) is 26.4 Å². The van der Waals surface area contributed by atoms with E-state index in [-0.39, 0.29) is 25.7 Å². The van der Waals surface area contributed by atoms with Gasteiger partial charge in [-0.15, -0.1) is 0 Å². The summed E-state index contributed by atoms with van der Waals surface area (Å²) in [6.07, 6.45) is 50.2. The molecule has 0 aliphatic carbocycles. The van der Waals surface area contributed by atoms with E-state index in [1.165, 1.54) is 180 Å². The van der Waals surface area contributed by atoms with E-state index in [2.05, 4.69) is 55.4 Å². The topological polar surface area (TPSA) is 237 Å². The van der Waals surface area contributed by atoms with E-state index in [0.29, 0.717) is 25.7 Å². The highest BCUT2D eigenvalue weighted by atomic mass is 31.2. The number of unbranched alkanes of at least 4 members (excludes halogenated alkanes) is 37. The van der Waals surface area contributed by atoms with E-state index in [4.69, 9.17) is 37.0 Å². The summed E-state index contributed by atoms with van der Waals surface area (Å²) >= 11 is 0. The Labute approximate surface area is 581 Å². The third kappa shape index (κ3) is 67.6. The molecule has 0 amide bonds. The van der Waals surface area contributed by atoms with Crippen LogP contribution in [0.5, 0.6) is 0 Å². The van der Waals surface area contributed by atoms with E-state index >= 15 is 0 Å². The van der Waals surface area contributed by atoms with Crippen molar-refractivity contribution in [2.75, 3.05) is 39.6 Å². The number of carbonyl (C=O) groups is 4. The van der Waals surface area contributed by atoms with Gasteiger partial charge in [-0.2, -0.15) is 0 Å². The van der Waals surface area contributed by atoms with Gasteiger partial charge in [-0.05, 0) is 49.4 Å². The monoisotopic (exact) mass is 1400 g/mol. The number of phosphoric acid groups is 2. The normalized spacial score (nSPS) is 14.7. The summed E-state index contributed by atoms with van der Waals surface area (Å²) in [7, 11) is -9.91. The number of ether oxygens (including phenoxy) is 4. The molecule has 3 N–H and O–H groups in total. The number of rotatable bonds is 73. The molecule has 4 unspecified atom stereocenters. The van der Waals surface area contributed by atoms with Gasteiger partial charge in [0.25, 0.3) is 0 Å². The van der Waals surface area contributed by atoms with E-state index in [1.54, 1.807) is 0 Å². The lowest BCUT2D eigenvalue weighted by atomic mass is 9.99. The van der Waals surface area contributed by atoms with Gasteiger partial charge in [0.15, 0.2) is 12.2 Å². The summed E-state index contributed by atoms with van der Waals surface area (Å²) in [5.41, 5.74) is 0. The molecule has 19 heteroatoms. The van der Waals surface area contributed by atoms with Crippen LogP contribution in [0.15, 0.2) is 0 Å². The fraction of sp³-hybridized carbons (Fsp3) is 0.947. The van der Waals surface area contributed by atoms with Crippen LogP contribution in [0.3, 0.4) is 0 Å². The number of aliphatic hydroxyl groups is 1. The summed E-state index contributed by atoms with van der Waals surface area (Å²) < 4.78 is 68.4. The van der Waals surface area contributed by atoms with Crippen molar-refractivity contribution >= 4 is 39.5 Å². The van der Waals surface area contributed by atoms with E-state index < -0.39 is 97.5 Å². The van der Waals surface area contributed by atoms with Crippen LogP contribution >= 0.6 is 15.6 Å². The average Bonchev–Trinajstić information content (AvgIpc) is 1.53. The summed E-state index contributed by atoms with van der Waals surface area (Å²) in [6.45, 7) is 14.2. The van der Waals surface area contributed by atoms with Crippen LogP contribution in [0.1, 0.15) is 383 Å². The van der Waals surface area contributed by atoms with Crippen LogP contribution in [-0.2, 0) is 65.4 Å². The van der Waals surface area contributed by atoms with Crippen molar-refractivity contribution in [3.63, 3.8) is 0 Å². The Kier molecular flexibility index (Phi) is 64.0. The Bertz CT molecular complexity index is 1870. The molecule has 0 rings (SSSR count). The van der Waals surface area contributed by atoms with Crippen LogP contribution in [0.25, 0.3) is 0 Å². The van der Waals surface area contributed by atoms with Gasteiger partial charge >= 0.3 is 39.5 Å². The third-order valence-electron chi connectivity index (χ3n) is 18.3. The molecule has 0 aliphatic heterocycles. The molecule has 0 spiro atoms. The SMILES string of the molecule is CCC(C)CCCCCCCCCCCCCCCCCCCCC(=O)O[C@H](COC(=O)CCCCCCCCCCCC(C)C)COP(=O)(O)OC[C@@H](O)COP(=O)(O)OC[C@@H](COC(=O)CCCCCCCCC(C)CC)OC(=O)CCCCCCCCCCC(C)C. The number of hydrogen-bond acceptors (Lipinski definition) is 15. The fourth-order valence-corrected chi connectivity index (χ4v) is 13.1. The second-order valence-electron chi connectivity index (χ2n) is 28.8. The average molecular weight is 1400 g/mol. The van der Waals surface area contributed by atoms with Crippen molar-refractivity contribution in [1.82, 2.24) is 0 Å². The van der Waals surface area contributed by atoms with Gasteiger partial charge in [-0.1, -0.05) is 331 Å². The molecule has 0 aliphatic rings. The van der Waals surface area contributed by atoms with Crippen molar-refractivity contribution in [3.8, 4) is 0 Å². The minimum Gasteiger partial charge on any atom is -0.462 e. The smallest absolute Gasteiger partial charge is 0.462 e. The Morgan fingerprint density at radius 1 is 0.295 bits per heavy atom. The second-order valence-corrected chi connectivity index (χ2v) is 31.7. The van der Waals surface area contributed by atoms with Crippen LogP contribution in [0, 0.1) is 23.7 Å². The number of aliphatic hydroxyl groups excluding tert-OH is 1. The number of esters is 4. The molecule has 7 atom stereocenters. The molecule has 0 aromatic rings. The standard InChI is InChI=1S/C76H148O17P2/c1-9-68(7)54-46-38-30-23-19-17-15-13-11-12-14-16-18-20-24-32-42-50-58-75(80)92-71(62-86-73(78)56-48-40-31-25-21-22-28-36-44-52-66(3)4)64-90-94(82,83)88-60-70(77)61-89-95(84,85)91-65-72(63-87-74(79)57-49-41-35-34-39-47-55-69(8)10-2)93-76(81)59-51-43-33-27-26-29-37-45-53-67(5)6/h66-72,77H,9-65H2,1-8H3,(H,82,83)(H,84,85)/t68?,69?,70-,71-,72-/m1/s1. The Balaban J connectivity index is 5.18. The summed E-state index contributed by atoms with van der Waals surface area (Å²) in [4.78, 5) is 72.7. The first-order chi connectivity index (χ1) is 45.7. The zero-order valence-electron chi connectivity index (χ0n) is 62.3. The van der Waals surface area contributed by atoms with Crippen LogP contribution in [-0.4, -0.2) is 96.7 Å². The first-order valence-electron chi connectivity index (χ1n) is 39.3. The molecule has 0 radical (unpaired) electrons. The molecule has 95 heavy (non-hydrogen) atoms. The Morgan fingerprint density at radius 3 is 0.747 bits per heavy atom. The number of hydrogen-bond donors (Lipinski definition) is 3. The van der Waals surface area contributed by atoms with Gasteiger partial charge in [0, 0.05) is 25.7 Å². The molecule has 0 heterocycles. The molecule has 17 nitrogen and oxygen atoms in total. The highest BCUT2D eigenvalue weighted by Crippen LogP contribution is 2.45. The molecular weight excluding hydrogens is 1250 g/mol. The molecular formula is C76H148O17P2. The number of carbonyl (C=O) groups excluding carboxylic acids is 4. The maximum absolute atomic E-state index is 13.1. The quantitative estimate of drug-likeness (QED) is 0.0222. The van der Waals surface area contributed by atoms with Gasteiger partial charge in [0.1, 0.15) is 19.3 Å². The van der Waals surface area contributed by atoms with Gasteiger partial charge in [-0.25, -0.2) is 9.13 Å². The molecule has 564 valence electrons. The first-order valence-corrected chi connectivity index (χ1v) is 42.3. The largest absolute Gasteiger partial charge is 0.472 e. The second kappa shape index (κ2) is 65.4. The van der Waals surface area contributed by atoms with E-state index in [9.17, 15) is 43.2 Å². The number of phosphoric ester groups is 2. The molecule has 0 saturated heterocycles. The molecule has 0 aromatic carbocycles.